The number of carbonyl (C=O) groups excluding carboxylic acids is 4. The van der Waals surface area contributed by atoms with Crippen molar-refractivity contribution in [1.82, 2.24) is 0 Å². The molecule has 8 atom stereocenters. The predicted octanol–water partition coefficient (Wildman–Crippen LogP) is 10.4. The van der Waals surface area contributed by atoms with Crippen molar-refractivity contribution in [2.24, 2.45) is 57.3 Å². The fourth-order valence-electron chi connectivity index (χ4n) is 12.2. The minimum atomic E-state index is -0.475. The van der Waals surface area contributed by atoms with Crippen molar-refractivity contribution in [3.8, 4) is 15.5 Å². The van der Waals surface area contributed by atoms with Crippen LogP contribution in [0, 0.1) is 47.3 Å². The van der Waals surface area contributed by atoms with Gasteiger partial charge in [-0.15, -0.1) is 34.0 Å². The SMILES string of the molecule is O=C1C(=Nc2cc3c(s2)-c2sc4cc(N=C5C(=O)C6CC7CCCCC7CC6C5=O)sc4c2OC32CCCCC2)C(=O)C2CC3CCCCC3CC12. The summed E-state index contributed by atoms with van der Waals surface area (Å²) in [5, 5.41) is 1.42. The Morgan fingerprint density at radius 1 is 0.558 bits per heavy atom. The van der Waals surface area contributed by atoms with Gasteiger partial charge in [-0.1, -0.05) is 57.8 Å². The average molecular weight is 753 g/mol. The molecule has 8 aliphatic rings. The predicted molar refractivity (Wildman–Crippen MR) is 206 cm³/mol. The maximum absolute atomic E-state index is 13.8. The smallest absolute Gasteiger partial charge is 0.188 e. The second-order valence-corrected chi connectivity index (χ2v) is 20.5. The van der Waals surface area contributed by atoms with Crippen molar-refractivity contribution >= 4 is 88.0 Å². The van der Waals surface area contributed by atoms with Gasteiger partial charge in [0, 0.05) is 29.2 Å². The lowest BCUT2D eigenvalue weighted by Crippen LogP contribution is -2.37. The lowest BCUT2D eigenvalue weighted by molar-refractivity contribution is -0.123. The van der Waals surface area contributed by atoms with Gasteiger partial charge in [0.25, 0.3) is 0 Å². The highest BCUT2D eigenvalue weighted by atomic mass is 32.1. The summed E-state index contributed by atoms with van der Waals surface area (Å²) in [5.74, 6) is 2.29. The van der Waals surface area contributed by atoms with Crippen LogP contribution in [0.3, 0.4) is 0 Å². The summed E-state index contributed by atoms with van der Waals surface area (Å²) in [7, 11) is 0. The van der Waals surface area contributed by atoms with Crippen LogP contribution in [0.15, 0.2) is 22.1 Å². The highest BCUT2D eigenvalue weighted by Gasteiger charge is 2.54. The van der Waals surface area contributed by atoms with Gasteiger partial charge in [-0.05, 0) is 87.2 Å². The summed E-state index contributed by atoms with van der Waals surface area (Å²) in [6, 6.07) is 4.14. The minimum absolute atomic E-state index is 0.0302. The monoisotopic (exact) mass is 752 g/mol. The summed E-state index contributed by atoms with van der Waals surface area (Å²) >= 11 is 4.77. The Morgan fingerprint density at radius 2 is 1.04 bits per heavy atom. The molecule has 11 rings (SSSR count). The van der Waals surface area contributed by atoms with Gasteiger partial charge in [0.05, 0.1) is 19.2 Å². The normalized spacial score (nSPS) is 34.8. The van der Waals surface area contributed by atoms with E-state index in [1.807, 2.05) is 6.07 Å². The number of rotatable bonds is 2. The van der Waals surface area contributed by atoms with Crippen LogP contribution in [0.5, 0.6) is 5.75 Å². The van der Waals surface area contributed by atoms with Crippen LogP contribution in [0.4, 0.5) is 10.0 Å². The summed E-state index contributed by atoms with van der Waals surface area (Å²) < 4.78 is 9.18. The molecule has 7 fully saturated rings. The number of ether oxygens (including phenoxy) is 1. The maximum atomic E-state index is 13.8. The number of hydrogen-bond acceptors (Lipinski definition) is 10. The van der Waals surface area contributed by atoms with Crippen LogP contribution in [0.25, 0.3) is 19.2 Å². The Hall–Kier alpha value is -2.82. The molecule has 0 amide bonds. The van der Waals surface area contributed by atoms with E-state index >= 15 is 0 Å². The van der Waals surface area contributed by atoms with Crippen LogP contribution >= 0.6 is 34.0 Å². The van der Waals surface area contributed by atoms with Crippen molar-refractivity contribution in [1.29, 1.82) is 0 Å². The second kappa shape index (κ2) is 12.1. The van der Waals surface area contributed by atoms with Crippen LogP contribution in [-0.2, 0) is 24.8 Å². The third-order valence-electron chi connectivity index (χ3n) is 14.7. The van der Waals surface area contributed by atoms with Crippen molar-refractivity contribution in [2.45, 2.75) is 115 Å². The van der Waals surface area contributed by atoms with E-state index in [1.54, 1.807) is 22.7 Å². The molecule has 3 aromatic rings. The second-order valence-electron chi connectivity index (χ2n) is 17.4. The fourth-order valence-corrected chi connectivity index (χ4v) is 15.8. The molecule has 1 aliphatic heterocycles. The van der Waals surface area contributed by atoms with Crippen molar-refractivity contribution in [2.75, 3.05) is 0 Å². The standard InChI is InChI=1S/C42H44N2O5S3/c45-34-24-14-20-8-2-3-9-21(20)15-25(24)35(46)32(34)43-30-18-28-39(51-30)41-38(49-42(28)12-6-1-7-13-42)40-29(50-41)19-31(52-40)44-33-36(47)26-16-22-10-4-5-11-23(22)17-27(26)37(33)48/h18-27H,1-17H2. The Balaban J connectivity index is 0.931. The van der Waals surface area contributed by atoms with Crippen molar-refractivity contribution in [3.63, 3.8) is 0 Å². The van der Waals surface area contributed by atoms with Crippen LogP contribution in [0.1, 0.15) is 115 Å². The van der Waals surface area contributed by atoms with Gasteiger partial charge in [0.15, 0.2) is 40.3 Å². The zero-order valence-electron chi connectivity index (χ0n) is 29.5. The molecule has 1 spiro atoms. The Labute approximate surface area is 315 Å². The number of fused-ring (bicyclic) bond motifs is 10. The van der Waals surface area contributed by atoms with E-state index in [4.69, 9.17) is 14.7 Å². The number of Topliss-reactive ketones (excluding diaryl/α,β-unsaturated/α-hetero) is 4. The topological polar surface area (TPSA) is 102 Å². The molecule has 270 valence electrons. The summed E-state index contributed by atoms with van der Waals surface area (Å²) in [4.78, 5) is 66.7. The third kappa shape index (κ3) is 4.84. The number of hydrogen-bond donors (Lipinski definition) is 0. The molecule has 4 heterocycles. The van der Waals surface area contributed by atoms with E-state index in [-0.39, 0.29) is 58.2 Å². The number of thiophene rings is 3. The number of carbonyl (C=O) groups is 4. The Bertz CT molecular complexity index is 2060. The minimum Gasteiger partial charge on any atom is -0.479 e. The highest BCUT2D eigenvalue weighted by molar-refractivity contribution is 7.33. The van der Waals surface area contributed by atoms with E-state index in [0.717, 1.165) is 86.8 Å². The van der Waals surface area contributed by atoms with E-state index in [1.165, 1.54) is 69.1 Å². The molecule has 0 radical (unpaired) electrons. The molecule has 0 saturated heterocycles. The van der Waals surface area contributed by atoms with Gasteiger partial charge in [-0.25, -0.2) is 9.98 Å². The van der Waals surface area contributed by atoms with Crippen molar-refractivity contribution in [3.05, 3.63) is 17.7 Å². The van der Waals surface area contributed by atoms with Crippen LogP contribution in [0.2, 0.25) is 0 Å². The molecular weight excluding hydrogens is 709 g/mol. The maximum Gasteiger partial charge on any atom is 0.188 e. The molecule has 0 bridgehead atoms. The number of nitrogens with zero attached hydrogens (tertiary/aromatic N) is 2. The Morgan fingerprint density at radius 3 is 1.54 bits per heavy atom. The lowest BCUT2D eigenvalue weighted by atomic mass is 9.64. The summed E-state index contributed by atoms with van der Waals surface area (Å²) in [5.41, 5.74) is 1.01. The first-order chi connectivity index (χ1) is 25.3. The molecule has 7 aliphatic carbocycles. The molecule has 7 saturated carbocycles. The molecule has 0 N–H and O–H groups in total. The van der Waals surface area contributed by atoms with Gasteiger partial charge in [-0.2, -0.15) is 0 Å². The van der Waals surface area contributed by atoms with Gasteiger partial charge in [0.1, 0.15) is 15.6 Å². The fraction of sp³-hybridized carbons (Fsp3) is 0.619. The first-order valence-electron chi connectivity index (χ1n) is 20.1. The van der Waals surface area contributed by atoms with E-state index < -0.39 is 5.60 Å². The molecule has 8 unspecified atom stereocenters. The number of ketones is 4. The van der Waals surface area contributed by atoms with E-state index in [2.05, 4.69) is 6.07 Å². The quantitative estimate of drug-likeness (QED) is 0.259. The van der Waals surface area contributed by atoms with Gasteiger partial charge < -0.3 is 4.74 Å². The number of aliphatic imine (C=N–C) groups is 2. The molecule has 3 aromatic heterocycles. The summed E-state index contributed by atoms with van der Waals surface area (Å²) in [6.45, 7) is 0. The molecule has 7 nitrogen and oxygen atoms in total. The zero-order chi connectivity index (χ0) is 34.9. The van der Waals surface area contributed by atoms with Crippen LogP contribution in [-0.4, -0.2) is 34.6 Å². The van der Waals surface area contributed by atoms with Gasteiger partial charge >= 0.3 is 0 Å². The van der Waals surface area contributed by atoms with Gasteiger partial charge in [-0.3, -0.25) is 19.2 Å². The average Bonchev–Trinajstić information content (AvgIpc) is 3.95. The zero-order valence-corrected chi connectivity index (χ0v) is 31.9. The molecule has 0 aromatic carbocycles. The van der Waals surface area contributed by atoms with Gasteiger partial charge in [0.2, 0.25) is 0 Å². The van der Waals surface area contributed by atoms with Crippen LogP contribution < -0.4 is 4.74 Å². The van der Waals surface area contributed by atoms with Crippen molar-refractivity contribution < 1.29 is 23.9 Å². The molecule has 10 heteroatoms. The first-order valence-corrected chi connectivity index (χ1v) is 22.5. The third-order valence-corrected chi connectivity index (χ3v) is 18.2. The highest BCUT2D eigenvalue weighted by Crippen LogP contribution is 2.62. The summed E-state index contributed by atoms with van der Waals surface area (Å²) in [6.07, 6.45) is 18.2. The lowest BCUT2D eigenvalue weighted by Gasteiger charge is -2.40. The molecular formula is C42H44N2O5S3. The van der Waals surface area contributed by atoms with E-state index in [0.29, 0.717) is 28.7 Å². The van der Waals surface area contributed by atoms with E-state index in [9.17, 15) is 19.2 Å². The Kier molecular flexibility index (Phi) is 7.58. The largest absolute Gasteiger partial charge is 0.479 e. The molecule has 52 heavy (non-hydrogen) atoms. The first kappa shape index (κ1) is 32.6.